The van der Waals surface area contributed by atoms with E-state index in [-0.39, 0.29) is 5.97 Å². The minimum atomic E-state index is -0.524. The van der Waals surface area contributed by atoms with Crippen molar-refractivity contribution in [3.63, 3.8) is 0 Å². The van der Waals surface area contributed by atoms with Crippen LogP contribution in [0.3, 0.4) is 0 Å². The molecule has 0 aromatic heterocycles. The number of hydrogen-bond donors (Lipinski definition) is 0. The van der Waals surface area contributed by atoms with E-state index in [1.807, 2.05) is 38.1 Å². The summed E-state index contributed by atoms with van der Waals surface area (Å²) in [6, 6.07) is 11.2. The predicted octanol–water partition coefficient (Wildman–Crippen LogP) is 4.18. The summed E-state index contributed by atoms with van der Waals surface area (Å²) in [6.07, 6.45) is 0. The van der Waals surface area contributed by atoms with Crippen LogP contribution in [0.1, 0.15) is 26.3 Å². The maximum absolute atomic E-state index is 11.1. The number of hydrogen-bond acceptors (Lipinski definition) is 5. The minimum Gasteiger partial charge on any atom is -0.493 e. The Morgan fingerprint density at radius 1 is 0.920 bits per heavy atom. The van der Waals surface area contributed by atoms with Crippen LogP contribution in [0, 0.1) is 0 Å². The number of benzene rings is 2. The number of carbonyl (C=O) groups excluding carboxylic acids is 1. The van der Waals surface area contributed by atoms with Gasteiger partial charge in [-0.25, -0.2) is 0 Å². The summed E-state index contributed by atoms with van der Waals surface area (Å²) in [6.45, 7) is 5.36. The van der Waals surface area contributed by atoms with E-state index < -0.39 is 5.60 Å². The number of rotatable bonds is 6. The standard InChI is InChI=1S/C20H24O5/c1-13(21)25-15-9-7-14(8-10-15)16-11-18(22-4)19(23-5)12-17(16)20(2,3)24-6/h7-12H,1-6H3. The molecule has 0 aliphatic rings. The maximum atomic E-state index is 11.1. The van der Waals surface area contributed by atoms with E-state index in [1.165, 1.54) is 6.92 Å². The number of esters is 1. The fraction of sp³-hybridized carbons (Fsp3) is 0.350. The molecule has 0 saturated carbocycles. The van der Waals surface area contributed by atoms with E-state index in [4.69, 9.17) is 18.9 Å². The van der Waals surface area contributed by atoms with Crippen LogP contribution >= 0.6 is 0 Å². The molecule has 2 aromatic carbocycles. The van der Waals surface area contributed by atoms with Crippen LogP contribution in [0.5, 0.6) is 17.2 Å². The van der Waals surface area contributed by atoms with Gasteiger partial charge in [0.25, 0.3) is 0 Å². The molecule has 0 radical (unpaired) electrons. The van der Waals surface area contributed by atoms with Crippen molar-refractivity contribution in [1.29, 1.82) is 0 Å². The van der Waals surface area contributed by atoms with E-state index in [1.54, 1.807) is 33.5 Å². The van der Waals surface area contributed by atoms with Gasteiger partial charge in [-0.05, 0) is 54.8 Å². The summed E-state index contributed by atoms with van der Waals surface area (Å²) in [5.41, 5.74) is 2.35. The van der Waals surface area contributed by atoms with Gasteiger partial charge in [-0.3, -0.25) is 4.79 Å². The lowest BCUT2D eigenvalue weighted by Gasteiger charge is -2.27. The summed E-state index contributed by atoms with van der Waals surface area (Å²) in [4.78, 5) is 11.1. The zero-order valence-corrected chi connectivity index (χ0v) is 15.5. The molecule has 0 aliphatic carbocycles. The molecule has 2 rings (SSSR count). The van der Waals surface area contributed by atoms with Gasteiger partial charge >= 0.3 is 5.97 Å². The Hall–Kier alpha value is -2.53. The highest BCUT2D eigenvalue weighted by Gasteiger charge is 2.26. The predicted molar refractivity (Wildman–Crippen MR) is 96.3 cm³/mol. The Kier molecular flexibility index (Phi) is 5.69. The largest absolute Gasteiger partial charge is 0.493 e. The molecule has 0 amide bonds. The molecule has 0 fully saturated rings. The van der Waals surface area contributed by atoms with Crippen LogP contribution in [0.2, 0.25) is 0 Å². The van der Waals surface area contributed by atoms with Crippen molar-refractivity contribution in [2.24, 2.45) is 0 Å². The molecule has 134 valence electrons. The maximum Gasteiger partial charge on any atom is 0.308 e. The molecule has 0 unspecified atom stereocenters. The Morgan fingerprint density at radius 3 is 1.96 bits per heavy atom. The van der Waals surface area contributed by atoms with Gasteiger partial charge in [0.2, 0.25) is 0 Å². The average Bonchev–Trinajstić information content (AvgIpc) is 2.60. The fourth-order valence-corrected chi connectivity index (χ4v) is 2.59. The van der Waals surface area contributed by atoms with Gasteiger partial charge < -0.3 is 18.9 Å². The third-order valence-electron chi connectivity index (χ3n) is 4.11. The third kappa shape index (κ3) is 4.12. The second-order valence-corrected chi connectivity index (χ2v) is 6.09. The Labute approximate surface area is 148 Å². The summed E-state index contributed by atoms with van der Waals surface area (Å²) in [5.74, 6) is 1.43. The molecule has 5 nitrogen and oxygen atoms in total. The first kappa shape index (κ1) is 18.8. The van der Waals surface area contributed by atoms with Crippen molar-refractivity contribution in [3.05, 3.63) is 42.0 Å². The van der Waals surface area contributed by atoms with E-state index >= 15 is 0 Å². The number of methoxy groups -OCH3 is 3. The third-order valence-corrected chi connectivity index (χ3v) is 4.11. The lowest BCUT2D eigenvalue weighted by atomic mass is 9.88. The van der Waals surface area contributed by atoms with Gasteiger partial charge in [0.15, 0.2) is 11.5 Å². The van der Waals surface area contributed by atoms with E-state index in [9.17, 15) is 4.79 Å². The first-order chi connectivity index (χ1) is 11.8. The van der Waals surface area contributed by atoms with Crippen LogP contribution in [-0.4, -0.2) is 27.3 Å². The second kappa shape index (κ2) is 7.57. The first-order valence-corrected chi connectivity index (χ1v) is 7.93. The van der Waals surface area contributed by atoms with Crippen LogP contribution in [0.25, 0.3) is 11.1 Å². The van der Waals surface area contributed by atoms with Gasteiger partial charge in [-0.1, -0.05) is 12.1 Å². The van der Waals surface area contributed by atoms with Gasteiger partial charge in [0.05, 0.1) is 19.8 Å². The summed E-state index contributed by atoms with van der Waals surface area (Å²) >= 11 is 0. The van der Waals surface area contributed by atoms with Gasteiger partial charge in [-0.15, -0.1) is 0 Å². The molecule has 0 saturated heterocycles. The zero-order chi connectivity index (χ0) is 18.6. The Morgan fingerprint density at radius 2 is 1.48 bits per heavy atom. The SMILES string of the molecule is COc1cc(-c2ccc(OC(C)=O)cc2)c(C(C)(C)OC)cc1OC. The van der Waals surface area contributed by atoms with E-state index in [2.05, 4.69) is 0 Å². The molecule has 5 heteroatoms. The van der Waals surface area contributed by atoms with Gasteiger partial charge in [-0.2, -0.15) is 0 Å². The number of carbonyl (C=O) groups is 1. The quantitative estimate of drug-likeness (QED) is 0.581. The second-order valence-electron chi connectivity index (χ2n) is 6.09. The van der Waals surface area contributed by atoms with Crippen LogP contribution < -0.4 is 14.2 Å². The van der Waals surface area contributed by atoms with Crippen molar-refractivity contribution in [3.8, 4) is 28.4 Å². The average molecular weight is 344 g/mol. The fourth-order valence-electron chi connectivity index (χ4n) is 2.59. The van der Waals surface area contributed by atoms with Gasteiger partial charge in [0, 0.05) is 14.0 Å². The monoisotopic (exact) mass is 344 g/mol. The number of ether oxygens (including phenoxy) is 4. The highest BCUT2D eigenvalue weighted by atomic mass is 16.5. The van der Waals surface area contributed by atoms with Gasteiger partial charge in [0.1, 0.15) is 5.75 Å². The van der Waals surface area contributed by atoms with Crippen LogP contribution in [-0.2, 0) is 15.1 Å². The van der Waals surface area contributed by atoms with Crippen molar-refractivity contribution in [1.82, 2.24) is 0 Å². The smallest absolute Gasteiger partial charge is 0.308 e. The highest BCUT2D eigenvalue weighted by molar-refractivity contribution is 5.74. The molecule has 0 bridgehead atoms. The minimum absolute atomic E-state index is 0.347. The summed E-state index contributed by atoms with van der Waals surface area (Å²) in [7, 11) is 4.88. The summed E-state index contributed by atoms with van der Waals surface area (Å²) in [5, 5.41) is 0. The molecule has 0 heterocycles. The van der Waals surface area contributed by atoms with E-state index in [0.717, 1.165) is 16.7 Å². The summed E-state index contributed by atoms with van der Waals surface area (Å²) < 4.78 is 21.6. The van der Waals surface area contributed by atoms with Crippen molar-refractivity contribution < 1.29 is 23.7 Å². The van der Waals surface area contributed by atoms with Crippen molar-refractivity contribution >= 4 is 5.97 Å². The van der Waals surface area contributed by atoms with Crippen molar-refractivity contribution in [2.75, 3.05) is 21.3 Å². The highest BCUT2D eigenvalue weighted by Crippen LogP contribution is 2.41. The van der Waals surface area contributed by atoms with Crippen LogP contribution in [0.4, 0.5) is 0 Å². The molecule has 2 aromatic rings. The Balaban J connectivity index is 2.59. The lowest BCUT2D eigenvalue weighted by molar-refractivity contribution is -0.131. The lowest BCUT2D eigenvalue weighted by Crippen LogP contribution is -2.20. The normalized spacial score (nSPS) is 11.1. The van der Waals surface area contributed by atoms with E-state index in [0.29, 0.717) is 17.2 Å². The molecule has 0 spiro atoms. The molecular formula is C20H24O5. The first-order valence-electron chi connectivity index (χ1n) is 7.93. The molecule has 0 aliphatic heterocycles. The van der Waals surface area contributed by atoms with Crippen molar-refractivity contribution in [2.45, 2.75) is 26.4 Å². The zero-order valence-electron chi connectivity index (χ0n) is 15.5. The molecule has 25 heavy (non-hydrogen) atoms. The Bertz CT molecular complexity index is 747. The topological polar surface area (TPSA) is 54.0 Å². The molecule has 0 atom stereocenters. The molecule has 0 N–H and O–H groups in total. The molecular weight excluding hydrogens is 320 g/mol. The van der Waals surface area contributed by atoms with Crippen LogP contribution in [0.15, 0.2) is 36.4 Å².